The lowest BCUT2D eigenvalue weighted by Crippen LogP contribution is -2.41. The van der Waals surface area contributed by atoms with Crippen LogP contribution >= 0.6 is 0 Å². The summed E-state index contributed by atoms with van der Waals surface area (Å²) >= 11 is 0. The second-order valence-corrected chi connectivity index (χ2v) is 6.06. The molecule has 23 heavy (non-hydrogen) atoms. The number of nitrogens with zero attached hydrogens (tertiary/aromatic N) is 6. The van der Waals surface area contributed by atoms with Gasteiger partial charge in [-0.3, -0.25) is 4.68 Å². The van der Waals surface area contributed by atoms with E-state index >= 15 is 0 Å². The molecule has 0 saturated carbocycles. The highest BCUT2D eigenvalue weighted by molar-refractivity contribution is 5.80. The van der Waals surface area contributed by atoms with Crippen molar-refractivity contribution in [2.45, 2.75) is 33.7 Å². The van der Waals surface area contributed by atoms with Gasteiger partial charge in [0.15, 0.2) is 5.96 Å². The molecule has 0 radical (unpaired) electrons. The Morgan fingerprint density at radius 3 is 2.78 bits per heavy atom. The highest BCUT2D eigenvalue weighted by Gasteiger charge is 2.25. The van der Waals surface area contributed by atoms with Gasteiger partial charge >= 0.3 is 0 Å². The van der Waals surface area contributed by atoms with Crippen molar-refractivity contribution in [3.63, 3.8) is 0 Å². The zero-order chi connectivity index (χ0) is 16.7. The number of hydrogen-bond donors (Lipinski definition) is 1. The molecule has 1 N–H and O–H groups in total. The van der Waals surface area contributed by atoms with E-state index in [1.54, 1.807) is 11.0 Å². The van der Waals surface area contributed by atoms with Crippen molar-refractivity contribution in [3.05, 3.63) is 12.2 Å². The predicted octanol–water partition coefficient (Wildman–Crippen LogP) is 0.944. The highest BCUT2D eigenvalue weighted by Crippen LogP contribution is 2.17. The molecule has 0 amide bonds. The minimum absolute atomic E-state index is 0.566. The summed E-state index contributed by atoms with van der Waals surface area (Å²) in [5.41, 5.74) is 0. The van der Waals surface area contributed by atoms with Gasteiger partial charge in [0, 0.05) is 33.2 Å². The van der Waals surface area contributed by atoms with Crippen LogP contribution < -0.4 is 5.32 Å². The van der Waals surface area contributed by atoms with Gasteiger partial charge in [-0.1, -0.05) is 13.8 Å². The maximum atomic E-state index is 4.75. The molecule has 0 bridgehead atoms. The topological polar surface area (TPSA) is 61.6 Å². The van der Waals surface area contributed by atoms with Crippen LogP contribution in [-0.2, 0) is 13.6 Å². The molecule has 1 aromatic heterocycles. The maximum Gasteiger partial charge on any atom is 0.194 e. The molecule has 1 unspecified atom stereocenters. The van der Waals surface area contributed by atoms with Crippen LogP contribution in [0.15, 0.2) is 11.3 Å². The smallest absolute Gasteiger partial charge is 0.194 e. The molecule has 1 aromatic rings. The fourth-order valence-corrected chi connectivity index (χ4v) is 3.06. The fraction of sp³-hybridized carbons (Fsp3) is 0.812. The summed E-state index contributed by atoms with van der Waals surface area (Å²) < 4.78 is 1.78. The molecule has 1 saturated heterocycles. The first-order valence-electron chi connectivity index (χ1n) is 8.76. The Labute approximate surface area is 139 Å². The molecular weight excluding hydrogens is 290 g/mol. The molecule has 0 aromatic carbocycles. The van der Waals surface area contributed by atoms with Gasteiger partial charge in [-0.15, -0.1) is 0 Å². The van der Waals surface area contributed by atoms with Crippen LogP contribution in [0.1, 0.15) is 33.0 Å². The van der Waals surface area contributed by atoms with Crippen LogP contribution in [0.2, 0.25) is 0 Å². The van der Waals surface area contributed by atoms with Crippen molar-refractivity contribution in [1.82, 2.24) is 29.9 Å². The Kier molecular flexibility index (Phi) is 6.83. The van der Waals surface area contributed by atoms with E-state index in [4.69, 9.17) is 4.99 Å². The van der Waals surface area contributed by atoms with Crippen LogP contribution in [0.4, 0.5) is 0 Å². The lowest BCUT2D eigenvalue weighted by Gasteiger charge is -2.24. The van der Waals surface area contributed by atoms with Gasteiger partial charge in [0.2, 0.25) is 0 Å². The molecule has 1 fully saturated rings. The van der Waals surface area contributed by atoms with Crippen molar-refractivity contribution in [3.8, 4) is 0 Å². The lowest BCUT2D eigenvalue weighted by atomic mass is 10.1. The zero-order valence-electron chi connectivity index (χ0n) is 15.0. The van der Waals surface area contributed by atoms with Gasteiger partial charge in [0.05, 0.1) is 0 Å². The predicted molar refractivity (Wildman–Crippen MR) is 93.3 cm³/mol. The molecule has 130 valence electrons. The molecule has 0 spiro atoms. The van der Waals surface area contributed by atoms with E-state index in [-0.39, 0.29) is 0 Å². The van der Waals surface area contributed by atoms with Gasteiger partial charge in [-0.25, -0.2) is 9.98 Å². The third-order valence-electron chi connectivity index (χ3n) is 4.51. The Balaban J connectivity index is 1.94. The standard InChI is InChI=1S/C16H31N7/c1-5-17-16(18-10-15-19-13-20-21(15)4)23-9-8-14(12-23)11-22(6-2)7-3/h13-14H,5-12H2,1-4H3,(H,17,18). The lowest BCUT2D eigenvalue weighted by molar-refractivity contribution is 0.255. The summed E-state index contributed by atoms with van der Waals surface area (Å²) in [6.07, 6.45) is 2.82. The van der Waals surface area contributed by atoms with Crippen LogP contribution in [0.25, 0.3) is 0 Å². The summed E-state index contributed by atoms with van der Waals surface area (Å²) in [6, 6.07) is 0. The van der Waals surface area contributed by atoms with Gasteiger partial charge in [0.25, 0.3) is 0 Å². The molecule has 1 aliphatic rings. The summed E-state index contributed by atoms with van der Waals surface area (Å²) in [6.45, 7) is 13.7. The molecular formula is C16H31N7. The Morgan fingerprint density at radius 2 is 2.17 bits per heavy atom. The third-order valence-corrected chi connectivity index (χ3v) is 4.51. The van der Waals surface area contributed by atoms with Crippen molar-refractivity contribution in [2.24, 2.45) is 18.0 Å². The molecule has 1 aliphatic heterocycles. The van der Waals surface area contributed by atoms with Crippen LogP contribution in [-0.4, -0.2) is 69.8 Å². The number of hydrogen-bond acceptors (Lipinski definition) is 4. The van der Waals surface area contributed by atoms with Crippen LogP contribution in [0.3, 0.4) is 0 Å². The van der Waals surface area contributed by atoms with Crippen LogP contribution in [0, 0.1) is 5.92 Å². The van der Waals surface area contributed by atoms with E-state index in [1.165, 1.54) is 13.0 Å². The van der Waals surface area contributed by atoms with Gasteiger partial charge in [0.1, 0.15) is 18.7 Å². The van der Waals surface area contributed by atoms with E-state index in [0.29, 0.717) is 6.54 Å². The van der Waals surface area contributed by atoms with Crippen molar-refractivity contribution >= 4 is 5.96 Å². The number of aliphatic imine (C=N–C) groups is 1. The summed E-state index contributed by atoms with van der Waals surface area (Å²) in [7, 11) is 1.90. The molecule has 7 heteroatoms. The fourth-order valence-electron chi connectivity index (χ4n) is 3.06. The Hall–Kier alpha value is -1.63. The monoisotopic (exact) mass is 321 g/mol. The van der Waals surface area contributed by atoms with Gasteiger partial charge < -0.3 is 15.1 Å². The second-order valence-electron chi connectivity index (χ2n) is 6.06. The molecule has 7 nitrogen and oxygen atoms in total. The molecule has 2 heterocycles. The number of aryl methyl sites for hydroxylation is 1. The first kappa shape index (κ1) is 17.7. The van der Waals surface area contributed by atoms with E-state index in [0.717, 1.165) is 50.4 Å². The normalized spacial score (nSPS) is 18.9. The summed E-state index contributed by atoms with van der Waals surface area (Å²) in [5.74, 6) is 2.62. The number of nitrogens with one attached hydrogen (secondary N) is 1. The highest BCUT2D eigenvalue weighted by atomic mass is 15.3. The first-order valence-corrected chi connectivity index (χ1v) is 8.76. The van der Waals surface area contributed by atoms with Crippen molar-refractivity contribution < 1.29 is 0 Å². The number of likely N-dealkylation sites (tertiary alicyclic amines) is 1. The van der Waals surface area contributed by atoms with E-state index in [9.17, 15) is 0 Å². The summed E-state index contributed by atoms with van der Waals surface area (Å²) in [5, 5.41) is 7.51. The average molecular weight is 321 g/mol. The van der Waals surface area contributed by atoms with E-state index in [1.807, 2.05) is 7.05 Å². The van der Waals surface area contributed by atoms with Crippen molar-refractivity contribution in [2.75, 3.05) is 39.3 Å². The first-order chi connectivity index (χ1) is 11.2. The SMILES string of the molecule is CCNC(=NCc1ncnn1C)N1CCC(CN(CC)CC)C1. The quantitative estimate of drug-likeness (QED) is 0.598. The minimum atomic E-state index is 0.566. The average Bonchev–Trinajstić information content (AvgIpc) is 3.18. The zero-order valence-corrected chi connectivity index (χ0v) is 15.0. The van der Waals surface area contributed by atoms with E-state index in [2.05, 4.69) is 46.0 Å². The number of guanidine groups is 1. The Morgan fingerprint density at radius 1 is 1.39 bits per heavy atom. The van der Waals surface area contributed by atoms with Gasteiger partial charge in [-0.2, -0.15) is 5.10 Å². The number of aromatic nitrogens is 3. The number of rotatable bonds is 7. The summed E-state index contributed by atoms with van der Waals surface area (Å²) in [4.78, 5) is 13.9. The van der Waals surface area contributed by atoms with Gasteiger partial charge in [-0.05, 0) is 32.4 Å². The van der Waals surface area contributed by atoms with Crippen LogP contribution in [0.5, 0.6) is 0 Å². The maximum absolute atomic E-state index is 4.75. The Bertz CT molecular complexity index is 492. The minimum Gasteiger partial charge on any atom is -0.357 e. The van der Waals surface area contributed by atoms with Crippen molar-refractivity contribution in [1.29, 1.82) is 0 Å². The molecule has 2 rings (SSSR count). The third kappa shape index (κ3) is 4.92. The molecule has 1 atom stereocenters. The van der Waals surface area contributed by atoms with E-state index < -0.39 is 0 Å². The second kappa shape index (κ2) is 8.86. The molecule has 0 aliphatic carbocycles. The largest absolute Gasteiger partial charge is 0.357 e.